The average molecular weight is 449 g/mol. The predicted octanol–water partition coefficient (Wildman–Crippen LogP) is 3.24. The molecule has 28 heavy (non-hydrogen) atoms. The summed E-state index contributed by atoms with van der Waals surface area (Å²) in [5.41, 5.74) is 1.22. The number of likely N-dealkylation sites (N-methyl/N-ethyl adjacent to an activating group) is 1. The second kappa shape index (κ2) is 10.4. The molecular weight excluding hydrogens is 431 g/mol. The first-order valence-electron chi connectivity index (χ1n) is 8.23. The predicted molar refractivity (Wildman–Crippen MR) is 107 cm³/mol. The van der Waals surface area contributed by atoms with Crippen LogP contribution in [-0.4, -0.2) is 42.9 Å². The standard InChI is InChI=1S/C20H18BrFN2O4/c1-24(12-18(25)23-17-9-7-16(22)8-10-17)19(26)13-28-20(27)11-4-14-2-5-15(21)6-3-14/h2-11H,12-13H2,1H3,(H,23,25)/b11-4+. The fraction of sp³-hybridized carbons (Fsp3) is 0.150. The summed E-state index contributed by atoms with van der Waals surface area (Å²) in [4.78, 5) is 36.7. The van der Waals surface area contributed by atoms with Gasteiger partial charge in [0.1, 0.15) is 5.82 Å². The van der Waals surface area contributed by atoms with Crippen molar-refractivity contribution in [2.24, 2.45) is 0 Å². The van der Waals surface area contributed by atoms with Gasteiger partial charge in [0.2, 0.25) is 5.91 Å². The molecule has 1 N–H and O–H groups in total. The van der Waals surface area contributed by atoms with Crippen molar-refractivity contribution in [3.63, 3.8) is 0 Å². The number of ether oxygens (including phenoxy) is 1. The SMILES string of the molecule is CN(CC(=O)Nc1ccc(F)cc1)C(=O)COC(=O)/C=C/c1ccc(Br)cc1. The van der Waals surface area contributed by atoms with Crippen molar-refractivity contribution >= 4 is 45.5 Å². The Labute approximate surface area is 170 Å². The summed E-state index contributed by atoms with van der Waals surface area (Å²) < 4.78 is 18.6. The highest BCUT2D eigenvalue weighted by Crippen LogP contribution is 2.11. The van der Waals surface area contributed by atoms with Gasteiger partial charge < -0.3 is 15.0 Å². The van der Waals surface area contributed by atoms with E-state index in [4.69, 9.17) is 4.74 Å². The molecule has 0 aromatic heterocycles. The Bertz CT molecular complexity index is 867. The molecular formula is C20H18BrFN2O4. The number of amides is 2. The van der Waals surface area contributed by atoms with Crippen molar-refractivity contribution in [2.75, 3.05) is 25.5 Å². The molecule has 0 saturated heterocycles. The largest absolute Gasteiger partial charge is 0.452 e. The van der Waals surface area contributed by atoms with E-state index in [0.717, 1.165) is 14.9 Å². The fourth-order valence-electron chi connectivity index (χ4n) is 2.07. The highest BCUT2D eigenvalue weighted by molar-refractivity contribution is 9.10. The molecule has 0 saturated carbocycles. The van der Waals surface area contributed by atoms with Gasteiger partial charge >= 0.3 is 5.97 Å². The lowest BCUT2D eigenvalue weighted by molar-refractivity contribution is -0.148. The number of carbonyl (C=O) groups excluding carboxylic acids is 3. The molecule has 146 valence electrons. The molecule has 2 aromatic carbocycles. The van der Waals surface area contributed by atoms with Crippen molar-refractivity contribution in [1.82, 2.24) is 4.90 Å². The molecule has 0 aliphatic carbocycles. The van der Waals surface area contributed by atoms with Crippen molar-refractivity contribution in [2.45, 2.75) is 0 Å². The lowest BCUT2D eigenvalue weighted by Gasteiger charge is -2.16. The Kier molecular flexibility index (Phi) is 7.88. The molecule has 2 rings (SSSR count). The molecule has 0 radical (unpaired) electrons. The van der Waals surface area contributed by atoms with Crippen molar-refractivity contribution in [1.29, 1.82) is 0 Å². The quantitative estimate of drug-likeness (QED) is 0.520. The lowest BCUT2D eigenvalue weighted by atomic mass is 10.2. The summed E-state index contributed by atoms with van der Waals surface area (Å²) in [7, 11) is 1.41. The Hall–Kier alpha value is -3.00. The first-order chi connectivity index (χ1) is 13.3. The number of esters is 1. The number of carbonyl (C=O) groups is 3. The number of halogens is 2. The molecule has 6 nitrogen and oxygen atoms in total. The minimum Gasteiger partial charge on any atom is -0.452 e. The molecule has 2 aromatic rings. The van der Waals surface area contributed by atoms with Crippen LogP contribution in [0.2, 0.25) is 0 Å². The summed E-state index contributed by atoms with van der Waals surface area (Å²) in [6, 6.07) is 12.5. The second-order valence-electron chi connectivity index (χ2n) is 5.80. The topological polar surface area (TPSA) is 75.7 Å². The minimum atomic E-state index is -0.666. The summed E-state index contributed by atoms with van der Waals surface area (Å²) >= 11 is 3.32. The third kappa shape index (κ3) is 7.32. The van der Waals surface area contributed by atoms with E-state index >= 15 is 0 Å². The molecule has 0 atom stereocenters. The maximum Gasteiger partial charge on any atom is 0.331 e. The van der Waals surface area contributed by atoms with Crippen molar-refractivity contribution in [3.05, 3.63) is 70.5 Å². The van der Waals surface area contributed by atoms with Crippen molar-refractivity contribution in [3.8, 4) is 0 Å². The number of anilines is 1. The van der Waals surface area contributed by atoms with E-state index in [0.29, 0.717) is 5.69 Å². The van der Waals surface area contributed by atoms with Gasteiger partial charge in [-0.05, 0) is 48.0 Å². The molecule has 8 heteroatoms. The number of benzene rings is 2. The van der Waals surface area contributed by atoms with Gasteiger partial charge in [0.15, 0.2) is 6.61 Å². The van der Waals surface area contributed by atoms with Crippen LogP contribution in [0, 0.1) is 5.82 Å². The lowest BCUT2D eigenvalue weighted by Crippen LogP contribution is -2.37. The molecule has 0 bridgehead atoms. The van der Waals surface area contributed by atoms with E-state index in [9.17, 15) is 18.8 Å². The first kappa shape index (κ1) is 21.3. The van der Waals surface area contributed by atoms with Crippen LogP contribution in [0.4, 0.5) is 10.1 Å². The third-order valence-electron chi connectivity index (χ3n) is 3.55. The van der Waals surface area contributed by atoms with Crippen LogP contribution in [0.5, 0.6) is 0 Å². The van der Waals surface area contributed by atoms with Gasteiger partial charge in [0.05, 0.1) is 6.54 Å². The van der Waals surface area contributed by atoms with Gasteiger partial charge in [-0.2, -0.15) is 0 Å². The van der Waals surface area contributed by atoms with E-state index < -0.39 is 30.2 Å². The Balaban J connectivity index is 1.75. The van der Waals surface area contributed by atoms with Crippen LogP contribution < -0.4 is 5.32 Å². The zero-order chi connectivity index (χ0) is 20.5. The van der Waals surface area contributed by atoms with Crippen molar-refractivity contribution < 1.29 is 23.5 Å². The summed E-state index contributed by atoms with van der Waals surface area (Å²) in [5, 5.41) is 2.54. The summed E-state index contributed by atoms with van der Waals surface area (Å²) in [6.07, 6.45) is 2.79. The van der Waals surface area contributed by atoms with Crippen LogP contribution in [0.15, 0.2) is 59.1 Å². The average Bonchev–Trinajstić information content (AvgIpc) is 2.67. The van der Waals surface area contributed by atoms with Gasteiger partial charge in [0.25, 0.3) is 5.91 Å². The number of rotatable bonds is 7. The summed E-state index contributed by atoms with van der Waals surface area (Å²) in [6.45, 7) is -0.716. The molecule has 0 heterocycles. The van der Waals surface area contributed by atoms with E-state index in [1.165, 1.54) is 37.4 Å². The zero-order valence-electron chi connectivity index (χ0n) is 15.0. The Morgan fingerprint density at radius 1 is 1.11 bits per heavy atom. The molecule has 0 fully saturated rings. The minimum absolute atomic E-state index is 0.234. The van der Waals surface area contributed by atoms with Gasteiger partial charge in [-0.1, -0.05) is 28.1 Å². The van der Waals surface area contributed by atoms with Gasteiger partial charge in [0, 0.05) is 23.3 Å². The monoisotopic (exact) mass is 448 g/mol. The highest BCUT2D eigenvalue weighted by Gasteiger charge is 2.14. The smallest absolute Gasteiger partial charge is 0.331 e. The second-order valence-corrected chi connectivity index (χ2v) is 6.71. The Morgan fingerprint density at radius 3 is 2.39 bits per heavy atom. The summed E-state index contributed by atoms with van der Waals surface area (Å²) in [5.74, 6) is -2.06. The van der Waals surface area contributed by atoms with Crippen LogP contribution >= 0.6 is 15.9 Å². The molecule has 0 spiro atoms. The molecule has 0 unspecified atom stereocenters. The molecule has 2 amide bonds. The van der Waals surface area contributed by atoms with E-state index in [2.05, 4.69) is 21.2 Å². The van der Waals surface area contributed by atoms with Crippen LogP contribution in [0.25, 0.3) is 6.08 Å². The number of nitrogens with zero attached hydrogens (tertiary/aromatic N) is 1. The number of hydrogen-bond donors (Lipinski definition) is 1. The Morgan fingerprint density at radius 2 is 1.75 bits per heavy atom. The first-order valence-corrected chi connectivity index (χ1v) is 9.02. The highest BCUT2D eigenvalue weighted by atomic mass is 79.9. The fourth-order valence-corrected chi connectivity index (χ4v) is 2.33. The molecule has 0 aliphatic rings. The maximum absolute atomic E-state index is 12.8. The number of hydrogen-bond acceptors (Lipinski definition) is 4. The normalized spacial score (nSPS) is 10.5. The number of nitrogens with one attached hydrogen (secondary N) is 1. The van der Waals surface area contributed by atoms with E-state index in [1.54, 1.807) is 6.08 Å². The third-order valence-corrected chi connectivity index (χ3v) is 4.08. The van der Waals surface area contributed by atoms with E-state index in [1.807, 2.05) is 24.3 Å². The maximum atomic E-state index is 12.8. The zero-order valence-corrected chi connectivity index (χ0v) is 16.6. The van der Waals surface area contributed by atoms with Crippen LogP contribution in [-0.2, 0) is 19.1 Å². The van der Waals surface area contributed by atoms with Gasteiger partial charge in [-0.3, -0.25) is 9.59 Å². The van der Waals surface area contributed by atoms with Gasteiger partial charge in [-0.15, -0.1) is 0 Å². The van der Waals surface area contributed by atoms with Gasteiger partial charge in [-0.25, -0.2) is 9.18 Å². The molecule has 0 aliphatic heterocycles. The van der Waals surface area contributed by atoms with Crippen LogP contribution in [0.1, 0.15) is 5.56 Å². The van der Waals surface area contributed by atoms with E-state index in [-0.39, 0.29) is 6.54 Å². The van der Waals surface area contributed by atoms with Crippen LogP contribution in [0.3, 0.4) is 0 Å².